The topological polar surface area (TPSA) is 150 Å². The fourth-order valence-corrected chi connectivity index (χ4v) is 5.86. The van der Waals surface area contributed by atoms with Crippen LogP contribution in [0.2, 0.25) is 0 Å². The molecule has 5 N–H and O–H groups in total. The zero-order valence-corrected chi connectivity index (χ0v) is 25.5. The lowest BCUT2D eigenvalue weighted by atomic mass is 9.84. The standard InChI is InChI=1S/C33H43NO9S/c35-25-30(37)32(39)31(38)29(36)24-34-43-21-20-41-17-16-40-18-19-42-22-23-44-33(26-10-4-1-5-11-26,27-12-6-2-7-13-27)28-14-8-3-9-15-28/h1-15,24,29-32,35-39H,16-23,25H2/b34-24+/t29-,30-,31-,32-/m1/s1. The van der Waals surface area contributed by atoms with Gasteiger partial charge >= 0.3 is 0 Å². The van der Waals surface area contributed by atoms with Crippen LogP contribution in [0.1, 0.15) is 16.7 Å². The molecule has 3 aromatic carbocycles. The maximum atomic E-state index is 9.71. The second kappa shape index (κ2) is 20.2. The highest BCUT2D eigenvalue weighted by atomic mass is 32.2. The van der Waals surface area contributed by atoms with Gasteiger partial charge in [-0.3, -0.25) is 0 Å². The molecular formula is C33H43NO9S. The van der Waals surface area contributed by atoms with Crippen LogP contribution in [-0.4, -0.2) is 115 Å². The Bertz CT molecular complexity index is 1080. The molecular weight excluding hydrogens is 586 g/mol. The van der Waals surface area contributed by atoms with Crippen LogP contribution in [0.5, 0.6) is 0 Å². The Labute approximate surface area is 262 Å². The van der Waals surface area contributed by atoms with E-state index in [4.69, 9.17) is 24.2 Å². The number of rotatable bonds is 22. The number of hydrogen-bond acceptors (Lipinski definition) is 11. The van der Waals surface area contributed by atoms with Crippen molar-refractivity contribution in [3.05, 3.63) is 108 Å². The molecule has 0 aliphatic rings. The lowest BCUT2D eigenvalue weighted by Gasteiger charge is -2.35. The second-order valence-corrected chi connectivity index (χ2v) is 11.1. The van der Waals surface area contributed by atoms with Gasteiger partial charge in [0.15, 0.2) is 0 Å². The Morgan fingerprint density at radius 2 is 1.05 bits per heavy atom. The van der Waals surface area contributed by atoms with Gasteiger partial charge < -0.3 is 44.6 Å². The maximum Gasteiger partial charge on any atom is 0.140 e. The molecule has 0 saturated heterocycles. The van der Waals surface area contributed by atoms with E-state index in [0.717, 1.165) is 12.0 Å². The van der Waals surface area contributed by atoms with Crippen molar-refractivity contribution < 1.29 is 44.6 Å². The molecule has 44 heavy (non-hydrogen) atoms. The van der Waals surface area contributed by atoms with Gasteiger partial charge in [-0.15, -0.1) is 11.8 Å². The third-order valence-electron chi connectivity index (χ3n) is 6.72. The van der Waals surface area contributed by atoms with E-state index in [1.807, 2.05) is 30.0 Å². The smallest absolute Gasteiger partial charge is 0.140 e. The molecule has 0 heterocycles. The summed E-state index contributed by atoms with van der Waals surface area (Å²) in [6.07, 6.45) is -5.75. The number of hydrogen-bond donors (Lipinski definition) is 5. The van der Waals surface area contributed by atoms with E-state index in [0.29, 0.717) is 33.0 Å². The predicted molar refractivity (Wildman–Crippen MR) is 170 cm³/mol. The molecule has 11 heteroatoms. The molecule has 0 fully saturated rings. The van der Waals surface area contributed by atoms with Crippen molar-refractivity contribution in [1.82, 2.24) is 0 Å². The Morgan fingerprint density at radius 1 is 0.614 bits per heavy atom. The van der Waals surface area contributed by atoms with E-state index in [1.165, 1.54) is 16.7 Å². The highest BCUT2D eigenvalue weighted by molar-refractivity contribution is 8.00. The highest BCUT2D eigenvalue weighted by Gasteiger charge is 2.36. The van der Waals surface area contributed by atoms with Crippen molar-refractivity contribution in [2.45, 2.75) is 29.2 Å². The fraction of sp³-hybridized carbons (Fsp3) is 0.424. The molecule has 0 aromatic heterocycles. The largest absolute Gasteiger partial charge is 0.394 e. The average molecular weight is 630 g/mol. The van der Waals surface area contributed by atoms with Gasteiger partial charge in [0, 0.05) is 5.75 Å². The Kier molecular flexibility index (Phi) is 16.4. The molecule has 0 amide bonds. The Hall–Kier alpha value is -2.84. The first-order chi connectivity index (χ1) is 21.5. The number of thioether (sulfide) groups is 1. The molecule has 0 aliphatic heterocycles. The molecule has 0 radical (unpaired) electrons. The van der Waals surface area contributed by atoms with Gasteiger partial charge in [0.05, 0.1) is 57.2 Å². The van der Waals surface area contributed by atoms with Crippen molar-refractivity contribution in [3.63, 3.8) is 0 Å². The van der Waals surface area contributed by atoms with Gasteiger partial charge in [-0.1, -0.05) is 96.2 Å². The van der Waals surface area contributed by atoms with Crippen molar-refractivity contribution >= 4 is 18.0 Å². The molecule has 10 nitrogen and oxygen atoms in total. The van der Waals surface area contributed by atoms with Crippen molar-refractivity contribution in [1.29, 1.82) is 0 Å². The summed E-state index contributed by atoms with van der Waals surface area (Å²) in [6, 6.07) is 31.7. The van der Waals surface area contributed by atoms with Gasteiger partial charge in [0.1, 0.15) is 31.0 Å². The normalized spacial score (nSPS) is 14.8. The fourth-order valence-electron chi connectivity index (χ4n) is 4.44. The summed E-state index contributed by atoms with van der Waals surface area (Å²) in [7, 11) is 0. The minimum atomic E-state index is -1.73. The lowest BCUT2D eigenvalue weighted by molar-refractivity contribution is -0.100. The molecule has 3 rings (SSSR count). The quantitative estimate of drug-likeness (QED) is 0.0485. The van der Waals surface area contributed by atoms with Crippen LogP contribution >= 0.6 is 11.8 Å². The van der Waals surface area contributed by atoms with E-state index in [-0.39, 0.29) is 18.0 Å². The van der Waals surface area contributed by atoms with Crippen molar-refractivity contribution in [3.8, 4) is 0 Å². The number of oxime groups is 1. The zero-order valence-electron chi connectivity index (χ0n) is 24.6. The van der Waals surface area contributed by atoms with Crippen LogP contribution in [0, 0.1) is 0 Å². The van der Waals surface area contributed by atoms with Crippen molar-refractivity contribution in [2.24, 2.45) is 5.16 Å². The molecule has 3 aromatic rings. The first-order valence-electron chi connectivity index (χ1n) is 14.5. The van der Waals surface area contributed by atoms with Gasteiger partial charge in [-0.2, -0.15) is 0 Å². The maximum absolute atomic E-state index is 9.71. The monoisotopic (exact) mass is 629 g/mol. The Balaban J connectivity index is 1.31. The summed E-state index contributed by atoms with van der Waals surface area (Å²) in [5.74, 6) is 0.783. The molecule has 240 valence electrons. The van der Waals surface area contributed by atoms with E-state index >= 15 is 0 Å². The average Bonchev–Trinajstić information content (AvgIpc) is 3.08. The molecule has 4 atom stereocenters. The van der Waals surface area contributed by atoms with Gasteiger partial charge in [-0.25, -0.2) is 0 Å². The number of aliphatic hydroxyl groups excluding tert-OH is 5. The van der Waals surface area contributed by atoms with Crippen LogP contribution in [0.3, 0.4) is 0 Å². The predicted octanol–water partition coefficient (Wildman–Crippen LogP) is 2.20. The van der Waals surface area contributed by atoms with Crippen molar-refractivity contribution in [2.75, 3.05) is 58.6 Å². The molecule has 0 spiro atoms. The molecule has 0 unspecified atom stereocenters. The molecule has 0 aliphatic carbocycles. The van der Waals surface area contributed by atoms with Gasteiger partial charge in [-0.05, 0) is 16.7 Å². The van der Waals surface area contributed by atoms with Crippen LogP contribution in [0.15, 0.2) is 96.2 Å². The van der Waals surface area contributed by atoms with Crippen LogP contribution < -0.4 is 0 Å². The number of aliphatic hydroxyl groups is 5. The lowest BCUT2D eigenvalue weighted by Crippen LogP contribution is -2.46. The minimum absolute atomic E-state index is 0.0956. The van der Waals surface area contributed by atoms with Gasteiger partial charge in [0.25, 0.3) is 0 Å². The van der Waals surface area contributed by atoms with E-state index < -0.39 is 31.0 Å². The molecule has 0 bridgehead atoms. The summed E-state index contributed by atoms with van der Waals surface area (Å²) in [5.41, 5.74) is 3.65. The summed E-state index contributed by atoms with van der Waals surface area (Å²) < 4.78 is 16.5. The van der Waals surface area contributed by atoms with E-state index in [2.05, 4.69) is 78.0 Å². The summed E-state index contributed by atoms with van der Waals surface area (Å²) in [5, 5.41) is 50.5. The first-order valence-corrected chi connectivity index (χ1v) is 15.5. The summed E-state index contributed by atoms with van der Waals surface area (Å²) in [4.78, 5) is 4.93. The number of benzene rings is 3. The van der Waals surface area contributed by atoms with E-state index in [9.17, 15) is 20.4 Å². The number of ether oxygens (including phenoxy) is 3. The van der Waals surface area contributed by atoms with Gasteiger partial charge in [0.2, 0.25) is 0 Å². The molecule has 0 saturated carbocycles. The number of nitrogens with zero attached hydrogens (tertiary/aromatic N) is 1. The second-order valence-electron chi connectivity index (χ2n) is 9.77. The SMILES string of the molecule is OC[C@@H](O)[C@@H](O)[C@H](O)[C@H](O)/C=N/OCCOCCOCCOCCSC(c1ccccc1)(c1ccccc1)c1ccccc1. The van der Waals surface area contributed by atoms with Crippen LogP contribution in [-0.2, 0) is 23.8 Å². The summed E-state index contributed by atoms with van der Waals surface area (Å²) >= 11 is 1.85. The Morgan fingerprint density at radius 3 is 1.50 bits per heavy atom. The summed E-state index contributed by atoms with van der Waals surface area (Å²) in [6.45, 7) is 1.77. The van der Waals surface area contributed by atoms with E-state index in [1.54, 1.807) is 0 Å². The first kappa shape index (κ1) is 35.6. The minimum Gasteiger partial charge on any atom is -0.394 e. The third kappa shape index (κ3) is 11.0. The zero-order chi connectivity index (χ0) is 31.5. The van der Waals surface area contributed by atoms with Crippen LogP contribution in [0.4, 0.5) is 0 Å². The third-order valence-corrected chi connectivity index (χ3v) is 8.23. The highest BCUT2D eigenvalue weighted by Crippen LogP contribution is 2.48. The van der Waals surface area contributed by atoms with Crippen LogP contribution in [0.25, 0.3) is 0 Å².